The molecule has 286 valence electrons. The lowest BCUT2D eigenvalue weighted by Gasteiger charge is -2.45. The third-order valence-corrected chi connectivity index (χ3v) is 9.49. The molecule has 0 unspecified atom stereocenters. The standard InChI is InChI=1S/C33H40O19/c1-10-21(39)23(41)27(45)32(47-10)52-29-18(9-35)51-33(28(46)26(29)44)48-12-4-2-11(3-5-12)16-7-15(38)19-13(36)6-14(37)20(30(19)49-16)31-25(43)24(42)22(40)17(8-34)50-31/h2-7,10,17-18,21-29,31-37,39-46H,8-9H2,1H3/t10-,17-,18+,21-,22-,23+,24+,25-,26+,27+,28+,29+,31+,32-,33+/m1/s1. The molecule has 0 bridgehead atoms. The van der Waals surface area contributed by atoms with Crippen LogP contribution in [0.1, 0.15) is 18.6 Å². The van der Waals surface area contributed by atoms with Gasteiger partial charge in [0.15, 0.2) is 17.3 Å². The fraction of sp³-hybridized carbons (Fsp3) is 0.545. The molecule has 12 N–H and O–H groups in total. The highest BCUT2D eigenvalue weighted by atomic mass is 16.7. The third kappa shape index (κ3) is 6.85. The number of aliphatic hydroxyl groups excluding tert-OH is 10. The van der Waals surface area contributed by atoms with Gasteiger partial charge in [0, 0.05) is 17.7 Å². The van der Waals surface area contributed by atoms with E-state index in [4.69, 9.17) is 28.1 Å². The molecule has 15 atom stereocenters. The van der Waals surface area contributed by atoms with Crippen LogP contribution in [0.25, 0.3) is 22.3 Å². The van der Waals surface area contributed by atoms with Gasteiger partial charge in [0.05, 0.1) is 24.9 Å². The Morgan fingerprint density at radius 1 is 0.673 bits per heavy atom. The van der Waals surface area contributed by atoms with Crippen molar-refractivity contribution in [2.24, 2.45) is 0 Å². The van der Waals surface area contributed by atoms with Crippen LogP contribution in [-0.4, -0.2) is 160 Å². The molecule has 52 heavy (non-hydrogen) atoms. The summed E-state index contributed by atoms with van der Waals surface area (Å²) in [6.07, 6.45) is -23.6. The predicted molar refractivity (Wildman–Crippen MR) is 170 cm³/mol. The Morgan fingerprint density at radius 3 is 1.96 bits per heavy atom. The van der Waals surface area contributed by atoms with E-state index < -0.39 is 133 Å². The van der Waals surface area contributed by atoms with E-state index in [1.165, 1.54) is 31.2 Å². The van der Waals surface area contributed by atoms with E-state index in [0.29, 0.717) is 0 Å². The molecule has 0 aliphatic carbocycles. The first kappa shape index (κ1) is 38.2. The normalized spacial score (nSPS) is 38.3. The fourth-order valence-electron chi connectivity index (χ4n) is 6.51. The van der Waals surface area contributed by atoms with Gasteiger partial charge < -0.3 is 89.4 Å². The highest BCUT2D eigenvalue weighted by Gasteiger charge is 2.51. The zero-order valence-electron chi connectivity index (χ0n) is 27.3. The average molecular weight is 741 g/mol. The number of aliphatic hydroxyl groups is 10. The Labute approximate surface area is 293 Å². The van der Waals surface area contributed by atoms with Crippen molar-refractivity contribution in [3.05, 3.63) is 52.2 Å². The zero-order chi connectivity index (χ0) is 37.8. The van der Waals surface area contributed by atoms with Gasteiger partial charge in [-0.2, -0.15) is 0 Å². The molecule has 3 fully saturated rings. The van der Waals surface area contributed by atoms with E-state index in [0.717, 1.165) is 12.1 Å². The number of aromatic hydroxyl groups is 2. The van der Waals surface area contributed by atoms with Crippen molar-refractivity contribution < 1.29 is 89.4 Å². The summed E-state index contributed by atoms with van der Waals surface area (Å²) in [6.45, 7) is -0.0924. The second kappa shape index (κ2) is 15.1. The smallest absolute Gasteiger partial charge is 0.229 e. The number of hydrogen-bond donors (Lipinski definition) is 12. The lowest BCUT2D eigenvalue weighted by atomic mass is 9.89. The lowest BCUT2D eigenvalue weighted by molar-refractivity contribution is -0.349. The second-order valence-electron chi connectivity index (χ2n) is 12.9. The molecule has 1 aromatic heterocycles. The van der Waals surface area contributed by atoms with Crippen molar-refractivity contribution in [1.29, 1.82) is 0 Å². The average Bonchev–Trinajstić information content (AvgIpc) is 3.12. The number of phenolic OH excluding ortho intramolecular Hbond substituents is 2. The first-order valence-corrected chi connectivity index (χ1v) is 16.2. The molecule has 0 amide bonds. The molecule has 3 aliphatic heterocycles. The third-order valence-electron chi connectivity index (χ3n) is 9.49. The summed E-state index contributed by atoms with van der Waals surface area (Å²) < 4.78 is 33.9. The van der Waals surface area contributed by atoms with Gasteiger partial charge in [-0.25, -0.2) is 0 Å². The Balaban J connectivity index is 1.23. The highest BCUT2D eigenvalue weighted by Crippen LogP contribution is 2.44. The molecule has 0 spiro atoms. The monoisotopic (exact) mass is 740 g/mol. The SMILES string of the molecule is C[C@H]1O[C@H](O[C@@H]2[C@@H](O)[C@H](O)[C@@H](Oc3ccc(-c4cc(=O)c5c(O)cc(O)c([C@@H]6O[C@H](CO)[C@@H](O)[C@H](O)[C@H]6O)c5o4)cc3)O[C@H]2CO)[C@@H](O)[C@@H](O)[C@@H]1O. The quantitative estimate of drug-likeness (QED) is 0.106. The number of phenols is 2. The second-order valence-corrected chi connectivity index (χ2v) is 12.9. The van der Waals surface area contributed by atoms with Gasteiger partial charge >= 0.3 is 0 Å². The molecule has 0 radical (unpaired) electrons. The maximum absolute atomic E-state index is 13.2. The summed E-state index contributed by atoms with van der Waals surface area (Å²) in [6, 6.07) is 7.43. The molecular formula is C33H40O19. The maximum atomic E-state index is 13.2. The molecule has 3 saturated heterocycles. The van der Waals surface area contributed by atoms with Crippen LogP contribution in [-0.2, 0) is 18.9 Å². The van der Waals surface area contributed by atoms with E-state index in [9.17, 15) is 66.1 Å². The van der Waals surface area contributed by atoms with Gasteiger partial charge in [0.25, 0.3) is 0 Å². The van der Waals surface area contributed by atoms with Crippen molar-refractivity contribution in [2.45, 2.75) is 98.9 Å². The topological polar surface area (TPSA) is 319 Å². The van der Waals surface area contributed by atoms with E-state index >= 15 is 0 Å². The number of rotatable bonds is 8. The van der Waals surface area contributed by atoms with Crippen LogP contribution in [0, 0.1) is 0 Å². The van der Waals surface area contributed by atoms with Crippen LogP contribution >= 0.6 is 0 Å². The Bertz CT molecular complexity index is 1760. The fourth-order valence-corrected chi connectivity index (χ4v) is 6.51. The Hall–Kier alpha value is -3.51. The minimum atomic E-state index is -1.86. The zero-order valence-corrected chi connectivity index (χ0v) is 27.3. The predicted octanol–water partition coefficient (Wildman–Crippen LogP) is -3.58. The molecule has 3 aromatic rings. The minimum absolute atomic E-state index is 0.0634. The van der Waals surface area contributed by atoms with Crippen LogP contribution < -0.4 is 10.2 Å². The first-order valence-electron chi connectivity index (χ1n) is 16.2. The molecule has 0 saturated carbocycles. The van der Waals surface area contributed by atoms with Crippen molar-refractivity contribution in [3.8, 4) is 28.6 Å². The van der Waals surface area contributed by atoms with E-state index in [2.05, 4.69) is 0 Å². The molecule has 19 heteroatoms. The summed E-state index contributed by atoms with van der Waals surface area (Å²) in [4.78, 5) is 13.2. The number of fused-ring (bicyclic) bond motifs is 1. The van der Waals surface area contributed by atoms with Gasteiger partial charge in [0.1, 0.15) is 102 Å². The molecule has 6 rings (SSSR count). The largest absolute Gasteiger partial charge is 0.507 e. The number of hydrogen-bond acceptors (Lipinski definition) is 19. The Kier molecular flexibility index (Phi) is 11.1. The summed E-state index contributed by atoms with van der Waals surface area (Å²) in [5, 5.41) is 124. The van der Waals surface area contributed by atoms with Gasteiger partial charge in [-0.05, 0) is 31.2 Å². The summed E-state index contributed by atoms with van der Waals surface area (Å²) >= 11 is 0. The van der Waals surface area contributed by atoms with Gasteiger partial charge in [-0.15, -0.1) is 0 Å². The minimum Gasteiger partial charge on any atom is -0.507 e. The van der Waals surface area contributed by atoms with E-state index in [1.54, 1.807) is 0 Å². The van der Waals surface area contributed by atoms with Crippen molar-refractivity contribution in [2.75, 3.05) is 13.2 Å². The summed E-state index contributed by atoms with van der Waals surface area (Å²) in [5.41, 5.74) is -1.30. The van der Waals surface area contributed by atoms with E-state index in [-0.39, 0.29) is 22.6 Å². The maximum Gasteiger partial charge on any atom is 0.229 e. The van der Waals surface area contributed by atoms with Crippen LogP contribution in [0.15, 0.2) is 45.6 Å². The lowest BCUT2D eigenvalue weighted by Crippen LogP contribution is -2.64. The van der Waals surface area contributed by atoms with Gasteiger partial charge in [0.2, 0.25) is 6.29 Å². The summed E-state index contributed by atoms with van der Waals surface area (Å²) in [7, 11) is 0. The number of benzene rings is 2. The van der Waals surface area contributed by atoms with Crippen LogP contribution in [0.2, 0.25) is 0 Å². The molecule has 19 nitrogen and oxygen atoms in total. The van der Waals surface area contributed by atoms with Crippen molar-refractivity contribution in [1.82, 2.24) is 0 Å². The Morgan fingerprint density at radius 2 is 1.31 bits per heavy atom. The van der Waals surface area contributed by atoms with Crippen LogP contribution in [0.5, 0.6) is 17.2 Å². The molecule has 3 aliphatic rings. The van der Waals surface area contributed by atoms with E-state index in [1.807, 2.05) is 0 Å². The van der Waals surface area contributed by atoms with Crippen LogP contribution in [0.3, 0.4) is 0 Å². The van der Waals surface area contributed by atoms with Crippen molar-refractivity contribution >= 4 is 11.0 Å². The van der Waals surface area contributed by atoms with Crippen LogP contribution in [0.4, 0.5) is 0 Å². The van der Waals surface area contributed by atoms with Gasteiger partial charge in [-0.1, -0.05) is 0 Å². The molecular weight excluding hydrogens is 700 g/mol. The summed E-state index contributed by atoms with van der Waals surface area (Å²) in [5.74, 6) is -1.40. The molecule has 4 heterocycles. The van der Waals surface area contributed by atoms with Gasteiger partial charge in [-0.3, -0.25) is 4.79 Å². The highest BCUT2D eigenvalue weighted by molar-refractivity contribution is 5.89. The number of ether oxygens (including phenoxy) is 5. The molecule has 2 aromatic carbocycles. The first-order chi connectivity index (χ1) is 24.7. The van der Waals surface area contributed by atoms with Crippen molar-refractivity contribution in [3.63, 3.8) is 0 Å².